The standard InChI is InChI=1S/C17H16F2N2O4/c1-23-13-6-8-14(9-7-13)24-11-16(22)21-20-10-12-4-2-3-5-15(12)25-17(18)19/h2-10,17H,11H2,1H3,(H,21,22). The van der Waals surface area contributed by atoms with Gasteiger partial charge in [-0.15, -0.1) is 0 Å². The van der Waals surface area contributed by atoms with Gasteiger partial charge in [-0.25, -0.2) is 5.43 Å². The molecule has 0 radical (unpaired) electrons. The van der Waals surface area contributed by atoms with E-state index in [1.54, 1.807) is 43.5 Å². The summed E-state index contributed by atoms with van der Waals surface area (Å²) >= 11 is 0. The molecule has 0 aliphatic carbocycles. The summed E-state index contributed by atoms with van der Waals surface area (Å²) in [6.45, 7) is -3.19. The molecule has 0 fully saturated rings. The molecule has 0 saturated carbocycles. The minimum Gasteiger partial charge on any atom is -0.497 e. The minimum atomic E-state index is -2.94. The normalized spacial score (nSPS) is 10.7. The van der Waals surface area contributed by atoms with E-state index < -0.39 is 12.5 Å². The van der Waals surface area contributed by atoms with Gasteiger partial charge in [0.1, 0.15) is 17.2 Å². The lowest BCUT2D eigenvalue weighted by Crippen LogP contribution is -2.24. The largest absolute Gasteiger partial charge is 0.497 e. The molecule has 0 unspecified atom stereocenters. The Balaban J connectivity index is 1.84. The van der Waals surface area contributed by atoms with E-state index >= 15 is 0 Å². The minimum absolute atomic E-state index is 0.0371. The van der Waals surface area contributed by atoms with Gasteiger partial charge in [0.25, 0.3) is 5.91 Å². The SMILES string of the molecule is COc1ccc(OCC(=O)NN=Cc2ccccc2OC(F)F)cc1. The van der Waals surface area contributed by atoms with Crippen LogP contribution in [0.2, 0.25) is 0 Å². The molecule has 0 saturated heterocycles. The number of methoxy groups -OCH3 is 1. The molecule has 2 aromatic rings. The van der Waals surface area contributed by atoms with Gasteiger partial charge in [0.2, 0.25) is 0 Å². The highest BCUT2D eigenvalue weighted by Gasteiger charge is 2.07. The Kier molecular flexibility index (Phi) is 6.70. The predicted molar refractivity (Wildman–Crippen MR) is 87.3 cm³/mol. The molecule has 1 amide bonds. The molecule has 6 nitrogen and oxygen atoms in total. The predicted octanol–water partition coefficient (Wildman–Crippen LogP) is 2.83. The Morgan fingerprint density at radius 1 is 1.16 bits per heavy atom. The van der Waals surface area contributed by atoms with Crippen molar-refractivity contribution in [1.29, 1.82) is 0 Å². The van der Waals surface area contributed by atoms with E-state index in [4.69, 9.17) is 9.47 Å². The van der Waals surface area contributed by atoms with Gasteiger partial charge in [-0.1, -0.05) is 12.1 Å². The second-order valence-electron chi connectivity index (χ2n) is 4.67. The van der Waals surface area contributed by atoms with E-state index in [1.807, 2.05) is 0 Å². The first-order chi connectivity index (χ1) is 12.1. The van der Waals surface area contributed by atoms with E-state index in [1.165, 1.54) is 18.3 Å². The average molecular weight is 350 g/mol. The van der Waals surface area contributed by atoms with Crippen LogP contribution in [-0.4, -0.2) is 32.4 Å². The van der Waals surface area contributed by atoms with Crippen molar-refractivity contribution in [2.45, 2.75) is 6.61 Å². The van der Waals surface area contributed by atoms with Crippen molar-refractivity contribution >= 4 is 12.1 Å². The van der Waals surface area contributed by atoms with Crippen molar-refractivity contribution in [3.8, 4) is 17.2 Å². The second-order valence-corrected chi connectivity index (χ2v) is 4.67. The molecule has 0 heterocycles. The van der Waals surface area contributed by atoms with Crippen LogP contribution in [0.4, 0.5) is 8.78 Å². The van der Waals surface area contributed by atoms with Crippen LogP contribution in [0.3, 0.4) is 0 Å². The Bertz CT molecular complexity index is 721. The molecular formula is C17H16F2N2O4. The second kappa shape index (κ2) is 9.21. The molecule has 0 spiro atoms. The number of para-hydroxylation sites is 1. The quantitative estimate of drug-likeness (QED) is 0.587. The number of alkyl halides is 2. The van der Waals surface area contributed by atoms with E-state index in [-0.39, 0.29) is 12.4 Å². The van der Waals surface area contributed by atoms with Gasteiger partial charge >= 0.3 is 6.61 Å². The number of benzene rings is 2. The summed E-state index contributed by atoms with van der Waals surface area (Å²) in [4.78, 5) is 11.7. The van der Waals surface area contributed by atoms with Gasteiger partial charge in [0, 0.05) is 5.56 Å². The number of rotatable bonds is 8. The number of hydrogen-bond acceptors (Lipinski definition) is 5. The molecule has 8 heteroatoms. The van der Waals surface area contributed by atoms with Gasteiger partial charge in [0.15, 0.2) is 6.61 Å². The van der Waals surface area contributed by atoms with Crippen molar-refractivity contribution < 1.29 is 27.8 Å². The first kappa shape index (κ1) is 18.2. The Morgan fingerprint density at radius 3 is 2.52 bits per heavy atom. The number of nitrogens with one attached hydrogen (secondary N) is 1. The molecule has 0 bridgehead atoms. The third-order valence-electron chi connectivity index (χ3n) is 2.96. The third-order valence-corrected chi connectivity index (χ3v) is 2.96. The van der Waals surface area contributed by atoms with Crippen LogP contribution in [0.1, 0.15) is 5.56 Å². The van der Waals surface area contributed by atoms with Gasteiger partial charge < -0.3 is 14.2 Å². The monoisotopic (exact) mass is 350 g/mol. The summed E-state index contributed by atoms with van der Waals surface area (Å²) in [6, 6.07) is 12.8. The highest BCUT2D eigenvalue weighted by atomic mass is 19.3. The molecule has 2 aromatic carbocycles. The van der Waals surface area contributed by atoms with Crippen LogP contribution < -0.4 is 19.6 Å². The van der Waals surface area contributed by atoms with E-state index in [0.717, 1.165) is 0 Å². The number of nitrogens with zero attached hydrogens (tertiary/aromatic N) is 1. The van der Waals surface area contributed by atoms with Crippen LogP contribution in [0, 0.1) is 0 Å². The van der Waals surface area contributed by atoms with E-state index in [2.05, 4.69) is 15.3 Å². The van der Waals surface area contributed by atoms with Crippen LogP contribution in [0.5, 0.6) is 17.2 Å². The summed E-state index contributed by atoms with van der Waals surface area (Å²) in [7, 11) is 1.55. The average Bonchev–Trinajstić information content (AvgIpc) is 2.61. The number of carbonyl (C=O) groups is 1. The number of carbonyl (C=O) groups excluding carboxylic acids is 1. The first-order valence-corrected chi connectivity index (χ1v) is 7.21. The van der Waals surface area contributed by atoms with Gasteiger partial charge in [-0.2, -0.15) is 13.9 Å². The lowest BCUT2D eigenvalue weighted by atomic mass is 10.2. The van der Waals surface area contributed by atoms with Crippen LogP contribution in [0.25, 0.3) is 0 Å². The lowest BCUT2D eigenvalue weighted by Gasteiger charge is -2.07. The summed E-state index contributed by atoms with van der Waals surface area (Å²) in [5.41, 5.74) is 2.55. The van der Waals surface area contributed by atoms with Gasteiger partial charge in [-0.05, 0) is 36.4 Å². The van der Waals surface area contributed by atoms with E-state index in [9.17, 15) is 13.6 Å². The number of hydrazone groups is 1. The summed E-state index contributed by atoms with van der Waals surface area (Å²) in [5.74, 6) is 0.631. The molecule has 25 heavy (non-hydrogen) atoms. The summed E-state index contributed by atoms with van der Waals surface area (Å²) in [5, 5.41) is 3.70. The molecule has 0 aliphatic rings. The molecule has 0 aliphatic heterocycles. The molecule has 1 N–H and O–H groups in total. The summed E-state index contributed by atoms with van der Waals surface area (Å²) < 4.78 is 39.2. The molecule has 132 valence electrons. The van der Waals surface area contributed by atoms with Crippen LogP contribution in [0.15, 0.2) is 53.6 Å². The topological polar surface area (TPSA) is 69.2 Å². The molecular weight excluding hydrogens is 334 g/mol. The molecule has 0 atom stereocenters. The summed E-state index contributed by atoms with van der Waals surface area (Å²) in [6.07, 6.45) is 1.21. The fourth-order valence-corrected chi connectivity index (χ4v) is 1.82. The van der Waals surface area contributed by atoms with Gasteiger partial charge in [-0.3, -0.25) is 4.79 Å². The van der Waals surface area contributed by atoms with Crippen molar-refractivity contribution in [1.82, 2.24) is 5.43 Å². The van der Waals surface area contributed by atoms with E-state index in [0.29, 0.717) is 17.1 Å². The third kappa shape index (κ3) is 6.09. The van der Waals surface area contributed by atoms with Gasteiger partial charge in [0.05, 0.1) is 13.3 Å². The maximum Gasteiger partial charge on any atom is 0.387 e. The Labute approximate surface area is 143 Å². The first-order valence-electron chi connectivity index (χ1n) is 7.21. The zero-order chi connectivity index (χ0) is 18.1. The van der Waals surface area contributed by atoms with Crippen LogP contribution >= 0.6 is 0 Å². The smallest absolute Gasteiger partial charge is 0.387 e. The fourth-order valence-electron chi connectivity index (χ4n) is 1.82. The zero-order valence-electron chi connectivity index (χ0n) is 13.3. The Morgan fingerprint density at radius 2 is 1.84 bits per heavy atom. The highest BCUT2D eigenvalue weighted by Crippen LogP contribution is 2.18. The van der Waals surface area contributed by atoms with Crippen molar-refractivity contribution in [3.05, 3.63) is 54.1 Å². The Hall–Kier alpha value is -3.16. The lowest BCUT2D eigenvalue weighted by molar-refractivity contribution is -0.123. The maximum absolute atomic E-state index is 12.3. The maximum atomic E-state index is 12.3. The zero-order valence-corrected chi connectivity index (χ0v) is 13.3. The van der Waals surface area contributed by atoms with Crippen molar-refractivity contribution in [3.63, 3.8) is 0 Å². The number of amides is 1. The van der Waals surface area contributed by atoms with Crippen molar-refractivity contribution in [2.24, 2.45) is 5.10 Å². The number of hydrogen-bond donors (Lipinski definition) is 1. The van der Waals surface area contributed by atoms with Crippen LogP contribution in [-0.2, 0) is 4.79 Å². The molecule has 0 aromatic heterocycles. The number of halogens is 2. The highest BCUT2D eigenvalue weighted by molar-refractivity contribution is 5.85. The fraction of sp³-hybridized carbons (Fsp3) is 0.176. The number of ether oxygens (including phenoxy) is 3. The molecule has 2 rings (SSSR count). The van der Waals surface area contributed by atoms with Crippen molar-refractivity contribution in [2.75, 3.05) is 13.7 Å².